The fourth-order valence-electron chi connectivity index (χ4n) is 4.42. The van der Waals surface area contributed by atoms with Gasteiger partial charge < -0.3 is 24.4 Å². The first-order valence-electron chi connectivity index (χ1n) is 12.4. The number of likely N-dealkylation sites (N-methyl/N-ethyl adjacent to an activating group) is 1. The lowest BCUT2D eigenvalue weighted by Crippen LogP contribution is -2.57. The number of carbonyl (C=O) groups excluding carboxylic acids is 1. The Balaban J connectivity index is 1.71. The van der Waals surface area contributed by atoms with Gasteiger partial charge in [-0.3, -0.25) is 9.62 Å². The van der Waals surface area contributed by atoms with Crippen molar-refractivity contribution in [1.29, 1.82) is 0 Å². The van der Waals surface area contributed by atoms with E-state index in [0.29, 0.717) is 29.5 Å². The van der Waals surface area contributed by atoms with Crippen LogP contribution in [0.25, 0.3) is 5.57 Å². The molecule has 0 aliphatic carbocycles. The summed E-state index contributed by atoms with van der Waals surface area (Å²) in [5.41, 5.74) is 1.91. The third kappa shape index (κ3) is 6.50. The van der Waals surface area contributed by atoms with Crippen LogP contribution in [0.5, 0.6) is 11.5 Å². The van der Waals surface area contributed by atoms with Gasteiger partial charge in [-0.1, -0.05) is 12.1 Å². The van der Waals surface area contributed by atoms with Gasteiger partial charge in [-0.2, -0.15) is 8.42 Å². The first-order chi connectivity index (χ1) is 18.4. The molecule has 0 saturated carbocycles. The Morgan fingerprint density at radius 2 is 1.92 bits per heavy atom. The fourth-order valence-corrected chi connectivity index (χ4v) is 4.97. The molecule has 13 heteroatoms. The van der Waals surface area contributed by atoms with Gasteiger partial charge in [-0.15, -0.1) is 0 Å². The minimum atomic E-state index is -3.92. The van der Waals surface area contributed by atoms with Gasteiger partial charge >= 0.3 is 6.09 Å². The standard InChI is InChI=1S/C26H34FN5O6S/c1-28-39(35,36)29-22-8-6-7-16(24(22)27)11-20-21(15-32-13-17(14-32)30(2)3)19-10-9-18(37-26(34)31(4)5)12-23(19)38-25(20)33/h6-10,12,17,25,28-29,33H,11,13-15H2,1-5H3. The van der Waals surface area contributed by atoms with E-state index in [-0.39, 0.29) is 23.4 Å². The van der Waals surface area contributed by atoms with E-state index in [1.807, 2.05) is 14.1 Å². The van der Waals surface area contributed by atoms with Crippen LogP contribution in [-0.2, 0) is 16.6 Å². The first kappa shape index (κ1) is 28.8. The number of nitrogens with one attached hydrogen (secondary N) is 2. The highest BCUT2D eigenvalue weighted by molar-refractivity contribution is 7.90. The van der Waals surface area contributed by atoms with E-state index in [4.69, 9.17) is 9.47 Å². The molecule has 11 nitrogen and oxygen atoms in total. The summed E-state index contributed by atoms with van der Waals surface area (Å²) in [6.45, 7) is 2.13. The summed E-state index contributed by atoms with van der Waals surface area (Å²) in [7, 11) is 4.48. The monoisotopic (exact) mass is 563 g/mol. The summed E-state index contributed by atoms with van der Waals surface area (Å²) in [4.78, 5) is 17.7. The number of likely N-dealkylation sites (tertiary alicyclic amines) is 1. The number of anilines is 1. The van der Waals surface area contributed by atoms with Crippen LogP contribution in [0.1, 0.15) is 11.1 Å². The van der Waals surface area contributed by atoms with Gasteiger partial charge in [-0.25, -0.2) is 13.9 Å². The second-order valence-electron chi connectivity index (χ2n) is 9.97. The van der Waals surface area contributed by atoms with Gasteiger partial charge in [-0.05, 0) is 43.4 Å². The molecule has 0 aromatic heterocycles. The summed E-state index contributed by atoms with van der Waals surface area (Å²) in [5.74, 6) is -0.149. The van der Waals surface area contributed by atoms with Crippen molar-refractivity contribution in [3.63, 3.8) is 0 Å². The van der Waals surface area contributed by atoms with Gasteiger partial charge in [0, 0.05) is 70.4 Å². The van der Waals surface area contributed by atoms with E-state index in [1.54, 1.807) is 38.4 Å². The topological polar surface area (TPSA) is 124 Å². The van der Waals surface area contributed by atoms with Crippen LogP contribution in [0, 0.1) is 5.82 Å². The van der Waals surface area contributed by atoms with Crippen LogP contribution in [0.15, 0.2) is 42.0 Å². The molecule has 1 fully saturated rings. The summed E-state index contributed by atoms with van der Waals surface area (Å²) in [6.07, 6.45) is -1.96. The van der Waals surface area contributed by atoms with Crippen LogP contribution in [0.2, 0.25) is 0 Å². The van der Waals surface area contributed by atoms with E-state index in [0.717, 1.165) is 18.7 Å². The Hall–Kier alpha value is -3.23. The number of hydrogen-bond acceptors (Lipinski definition) is 8. The summed E-state index contributed by atoms with van der Waals surface area (Å²) >= 11 is 0. The normalized spacial score (nSPS) is 17.9. The molecule has 39 heavy (non-hydrogen) atoms. The van der Waals surface area contributed by atoms with E-state index in [9.17, 15) is 18.3 Å². The number of nitrogens with zero attached hydrogens (tertiary/aromatic N) is 3. The second-order valence-corrected chi connectivity index (χ2v) is 11.6. The van der Waals surface area contributed by atoms with Gasteiger partial charge in [0.2, 0.25) is 6.29 Å². The lowest BCUT2D eigenvalue weighted by Gasteiger charge is -2.44. The maximum absolute atomic E-state index is 15.4. The lowest BCUT2D eigenvalue weighted by molar-refractivity contribution is 0.00906. The molecule has 2 aliphatic heterocycles. The van der Waals surface area contributed by atoms with Crippen LogP contribution >= 0.6 is 0 Å². The molecule has 2 aliphatic rings. The molecule has 0 radical (unpaired) electrons. The molecule has 212 valence electrons. The number of carbonyl (C=O) groups is 1. The molecule has 1 saturated heterocycles. The second kappa shape index (κ2) is 11.5. The highest BCUT2D eigenvalue weighted by atomic mass is 32.2. The number of aliphatic hydroxyl groups excluding tert-OH is 1. The van der Waals surface area contributed by atoms with Crippen molar-refractivity contribution in [3.05, 3.63) is 58.9 Å². The number of ether oxygens (including phenoxy) is 2. The molecule has 3 N–H and O–H groups in total. The first-order valence-corrected chi connectivity index (χ1v) is 13.8. The molecule has 4 rings (SSSR count). The SMILES string of the molecule is CNS(=O)(=O)Nc1cccc(CC2=C(CN3CC(N(C)C)C3)c3ccc(OC(=O)N(C)C)cc3OC2O)c1F. The average Bonchev–Trinajstić information content (AvgIpc) is 2.84. The van der Waals surface area contributed by atoms with Crippen molar-refractivity contribution in [2.45, 2.75) is 18.8 Å². The van der Waals surface area contributed by atoms with E-state index in [1.165, 1.54) is 24.1 Å². The maximum Gasteiger partial charge on any atom is 0.414 e. The predicted octanol–water partition coefficient (Wildman–Crippen LogP) is 1.72. The maximum atomic E-state index is 15.4. The van der Waals surface area contributed by atoms with Gasteiger partial charge in [0.05, 0.1) is 5.69 Å². The Kier molecular flexibility index (Phi) is 8.47. The molecule has 2 aromatic carbocycles. The van der Waals surface area contributed by atoms with Crippen molar-refractivity contribution in [2.75, 3.05) is 59.6 Å². The molecule has 2 heterocycles. The fraction of sp³-hybridized carbons (Fsp3) is 0.423. The largest absolute Gasteiger partial charge is 0.460 e. The lowest BCUT2D eigenvalue weighted by atomic mass is 9.90. The van der Waals surface area contributed by atoms with E-state index in [2.05, 4.69) is 19.2 Å². The molecule has 0 bridgehead atoms. The quantitative estimate of drug-likeness (QED) is 0.422. The van der Waals surface area contributed by atoms with Gasteiger partial charge in [0.15, 0.2) is 5.82 Å². The number of rotatable bonds is 9. The van der Waals surface area contributed by atoms with Crippen molar-refractivity contribution < 1.29 is 32.2 Å². The summed E-state index contributed by atoms with van der Waals surface area (Å²) in [5, 5.41) is 11.1. The highest BCUT2D eigenvalue weighted by Crippen LogP contribution is 2.40. The number of halogens is 1. The number of fused-ring (bicyclic) bond motifs is 1. The van der Waals surface area contributed by atoms with Crippen molar-refractivity contribution in [2.24, 2.45) is 0 Å². The predicted molar refractivity (Wildman–Crippen MR) is 145 cm³/mol. The Bertz CT molecular complexity index is 1370. The Morgan fingerprint density at radius 1 is 1.21 bits per heavy atom. The number of benzene rings is 2. The van der Waals surface area contributed by atoms with Crippen LogP contribution < -0.4 is 18.9 Å². The van der Waals surface area contributed by atoms with Crippen LogP contribution in [0.3, 0.4) is 0 Å². The van der Waals surface area contributed by atoms with Gasteiger partial charge in [0.25, 0.3) is 10.2 Å². The van der Waals surface area contributed by atoms with Gasteiger partial charge in [0.1, 0.15) is 11.5 Å². The molecule has 1 atom stereocenters. The smallest absolute Gasteiger partial charge is 0.414 e. The van der Waals surface area contributed by atoms with Crippen LogP contribution in [0.4, 0.5) is 14.9 Å². The highest BCUT2D eigenvalue weighted by Gasteiger charge is 2.34. The van der Waals surface area contributed by atoms with Crippen molar-refractivity contribution >= 4 is 27.6 Å². The average molecular weight is 564 g/mol. The Labute approximate surface area is 228 Å². The minimum absolute atomic E-state index is 0.0147. The molecular weight excluding hydrogens is 529 g/mol. The van der Waals surface area contributed by atoms with Crippen LogP contribution in [-0.4, -0.2) is 102 Å². The zero-order valence-electron chi connectivity index (χ0n) is 22.6. The van der Waals surface area contributed by atoms with E-state index < -0.39 is 28.4 Å². The molecule has 2 aromatic rings. The Morgan fingerprint density at radius 3 is 2.56 bits per heavy atom. The third-order valence-corrected chi connectivity index (χ3v) is 7.82. The summed E-state index contributed by atoms with van der Waals surface area (Å²) < 4.78 is 54.7. The number of amides is 1. The van der Waals surface area contributed by atoms with E-state index >= 15 is 4.39 Å². The molecule has 0 spiro atoms. The number of hydrogen-bond donors (Lipinski definition) is 3. The molecule has 1 amide bonds. The van der Waals surface area contributed by atoms with Crippen molar-refractivity contribution in [3.8, 4) is 11.5 Å². The molecule has 1 unspecified atom stereocenters. The number of aliphatic hydroxyl groups is 1. The zero-order valence-corrected chi connectivity index (χ0v) is 23.4. The summed E-state index contributed by atoms with van der Waals surface area (Å²) in [6, 6.07) is 9.75. The minimum Gasteiger partial charge on any atom is -0.460 e. The van der Waals surface area contributed by atoms with Crippen molar-refractivity contribution in [1.82, 2.24) is 19.4 Å². The zero-order chi connectivity index (χ0) is 28.5. The third-order valence-electron chi connectivity index (χ3n) is 6.80. The molecular formula is C26H34FN5O6S.